The zero-order valence-electron chi connectivity index (χ0n) is 9.21. The fraction of sp³-hybridized carbons (Fsp3) is 0.300. The van der Waals surface area contributed by atoms with Gasteiger partial charge in [-0.3, -0.25) is 14.9 Å². The van der Waals surface area contributed by atoms with Crippen molar-refractivity contribution in [2.24, 2.45) is 0 Å². The van der Waals surface area contributed by atoms with Gasteiger partial charge in [-0.25, -0.2) is 0 Å². The van der Waals surface area contributed by atoms with Crippen LogP contribution in [0.15, 0.2) is 23.1 Å². The molecule has 0 aliphatic carbocycles. The minimum Gasteiger partial charge on any atom is -0.469 e. The number of rotatable bonds is 5. The van der Waals surface area contributed by atoms with Crippen LogP contribution in [-0.4, -0.2) is 23.8 Å². The van der Waals surface area contributed by atoms with Crippen LogP contribution in [0.25, 0.3) is 0 Å². The number of esters is 1. The number of nitro benzene ring substituents is 1. The highest BCUT2D eigenvalue weighted by molar-refractivity contribution is 7.99. The van der Waals surface area contributed by atoms with E-state index >= 15 is 0 Å². The number of carbonyl (C=O) groups is 1. The van der Waals surface area contributed by atoms with Gasteiger partial charge in [0.25, 0.3) is 0 Å². The highest BCUT2D eigenvalue weighted by atomic mass is 32.2. The van der Waals surface area contributed by atoms with Gasteiger partial charge >= 0.3 is 11.7 Å². The molecule has 7 heteroatoms. The molecule has 0 aromatic heterocycles. The molecule has 1 aromatic rings. The first-order valence-corrected chi connectivity index (χ1v) is 5.77. The Balaban J connectivity index is 2.74. The van der Waals surface area contributed by atoms with E-state index in [-0.39, 0.29) is 23.8 Å². The maximum absolute atomic E-state index is 10.9. The summed E-state index contributed by atoms with van der Waals surface area (Å²) in [5.41, 5.74) is 5.55. The SMILES string of the molecule is COC(=O)CCSc1cccc(N)c1[N+](=O)[O-]. The summed E-state index contributed by atoms with van der Waals surface area (Å²) >= 11 is 1.21. The Morgan fingerprint density at radius 1 is 1.59 bits per heavy atom. The highest BCUT2D eigenvalue weighted by Gasteiger charge is 2.17. The van der Waals surface area contributed by atoms with E-state index in [0.29, 0.717) is 10.6 Å². The van der Waals surface area contributed by atoms with Gasteiger partial charge in [-0.1, -0.05) is 6.07 Å². The van der Waals surface area contributed by atoms with E-state index in [0.717, 1.165) is 0 Å². The van der Waals surface area contributed by atoms with Crippen LogP contribution in [0.2, 0.25) is 0 Å². The van der Waals surface area contributed by atoms with E-state index in [9.17, 15) is 14.9 Å². The number of anilines is 1. The molecule has 6 nitrogen and oxygen atoms in total. The lowest BCUT2D eigenvalue weighted by Crippen LogP contribution is -2.02. The number of nitrogens with two attached hydrogens (primary N) is 1. The van der Waals surface area contributed by atoms with Crippen molar-refractivity contribution < 1.29 is 14.5 Å². The van der Waals surface area contributed by atoms with Crippen molar-refractivity contribution in [1.29, 1.82) is 0 Å². The Labute approximate surface area is 102 Å². The summed E-state index contributed by atoms with van der Waals surface area (Å²) in [4.78, 5) is 21.6. The van der Waals surface area contributed by atoms with Crippen molar-refractivity contribution in [1.82, 2.24) is 0 Å². The molecule has 1 aromatic carbocycles. The zero-order valence-corrected chi connectivity index (χ0v) is 10.0. The number of nitrogen functional groups attached to an aromatic ring is 1. The number of nitro groups is 1. The van der Waals surface area contributed by atoms with Crippen molar-refractivity contribution >= 4 is 29.1 Å². The molecule has 0 heterocycles. The summed E-state index contributed by atoms with van der Waals surface area (Å²) in [6.07, 6.45) is 0.202. The second kappa shape index (κ2) is 6.09. The minimum absolute atomic E-state index is 0.109. The molecule has 0 fully saturated rings. The van der Waals surface area contributed by atoms with Crippen LogP contribution in [0.3, 0.4) is 0 Å². The van der Waals surface area contributed by atoms with Crippen LogP contribution in [-0.2, 0) is 9.53 Å². The van der Waals surface area contributed by atoms with Gasteiger partial charge in [-0.05, 0) is 12.1 Å². The number of methoxy groups -OCH3 is 1. The highest BCUT2D eigenvalue weighted by Crippen LogP contribution is 2.33. The molecule has 0 aliphatic heterocycles. The van der Waals surface area contributed by atoms with E-state index in [1.54, 1.807) is 12.1 Å². The number of carbonyl (C=O) groups excluding carboxylic acids is 1. The van der Waals surface area contributed by atoms with Gasteiger partial charge in [0.05, 0.1) is 23.3 Å². The largest absolute Gasteiger partial charge is 0.469 e. The molecule has 0 amide bonds. The van der Waals surface area contributed by atoms with Crippen molar-refractivity contribution in [3.63, 3.8) is 0 Å². The average molecular weight is 256 g/mol. The van der Waals surface area contributed by atoms with Crippen LogP contribution in [0.1, 0.15) is 6.42 Å². The van der Waals surface area contributed by atoms with Gasteiger partial charge in [0.15, 0.2) is 0 Å². The predicted molar refractivity (Wildman–Crippen MR) is 64.9 cm³/mol. The van der Waals surface area contributed by atoms with E-state index < -0.39 is 4.92 Å². The average Bonchev–Trinajstić information content (AvgIpc) is 2.28. The summed E-state index contributed by atoms with van der Waals surface area (Å²) < 4.78 is 4.48. The standard InChI is InChI=1S/C10H12N2O4S/c1-16-9(13)5-6-17-8-4-2-3-7(11)10(8)12(14)15/h2-4H,5-6,11H2,1H3. The smallest absolute Gasteiger partial charge is 0.306 e. The molecule has 17 heavy (non-hydrogen) atoms. The Morgan fingerprint density at radius 3 is 2.88 bits per heavy atom. The number of benzene rings is 1. The van der Waals surface area contributed by atoms with E-state index in [4.69, 9.17) is 5.73 Å². The Morgan fingerprint density at radius 2 is 2.29 bits per heavy atom. The normalized spacial score (nSPS) is 9.94. The Hall–Kier alpha value is -1.76. The third-order valence-corrected chi connectivity index (χ3v) is 3.05. The lowest BCUT2D eigenvalue weighted by Gasteiger charge is -2.04. The summed E-state index contributed by atoms with van der Waals surface area (Å²) in [6, 6.07) is 4.72. The van der Waals surface area contributed by atoms with Crippen LogP contribution in [0, 0.1) is 10.1 Å². The number of nitrogens with zero attached hydrogens (tertiary/aromatic N) is 1. The topological polar surface area (TPSA) is 95.5 Å². The molecule has 0 saturated carbocycles. The molecule has 0 spiro atoms. The van der Waals surface area contributed by atoms with Crippen LogP contribution in [0.5, 0.6) is 0 Å². The van der Waals surface area contributed by atoms with E-state index in [1.807, 2.05) is 0 Å². The number of thioether (sulfide) groups is 1. The van der Waals surface area contributed by atoms with Gasteiger partial charge in [0.1, 0.15) is 5.69 Å². The van der Waals surface area contributed by atoms with Gasteiger partial charge in [-0.2, -0.15) is 0 Å². The van der Waals surface area contributed by atoms with Gasteiger partial charge in [-0.15, -0.1) is 11.8 Å². The molecule has 0 unspecified atom stereocenters. The fourth-order valence-electron chi connectivity index (χ4n) is 1.20. The third-order valence-electron chi connectivity index (χ3n) is 2.00. The maximum atomic E-state index is 10.9. The fourth-order valence-corrected chi connectivity index (χ4v) is 2.19. The van der Waals surface area contributed by atoms with E-state index in [1.165, 1.54) is 24.9 Å². The lowest BCUT2D eigenvalue weighted by molar-refractivity contribution is -0.386. The molecule has 1 rings (SSSR count). The summed E-state index contributed by atoms with van der Waals surface area (Å²) in [5, 5.41) is 10.8. The monoisotopic (exact) mass is 256 g/mol. The maximum Gasteiger partial charge on any atom is 0.306 e. The summed E-state index contributed by atoms with van der Waals surface area (Å²) in [7, 11) is 1.30. The van der Waals surface area contributed by atoms with E-state index in [2.05, 4.69) is 4.74 Å². The Kier molecular flexibility index (Phi) is 4.77. The predicted octanol–water partition coefficient (Wildman–Crippen LogP) is 1.83. The molecule has 2 N–H and O–H groups in total. The number of para-hydroxylation sites is 1. The zero-order chi connectivity index (χ0) is 12.8. The van der Waals surface area contributed by atoms with Crippen molar-refractivity contribution in [3.05, 3.63) is 28.3 Å². The molecular formula is C10H12N2O4S. The summed E-state index contributed by atoms with van der Waals surface area (Å²) in [5.74, 6) is 0.0702. The second-order valence-electron chi connectivity index (χ2n) is 3.13. The van der Waals surface area contributed by atoms with Crippen molar-refractivity contribution in [2.45, 2.75) is 11.3 Å². The van der Waals surface area contributed by atoms with Crippen molar-refractivity contribution in [3.8, 4) is 0 Å². The molecule has 0 atom stereocenters. The first-order chi connectivity index (χ1) is 8.06. The van der Waals surface area contributed by atoms with Gasteiger partial charge < -0.3 is 10.5 Å². The minimum atomic E-state index is -0.518. The van der Waals surface area contributed by atoms with Crippen molar-refractivity contribution in [2.75, 3.05) is 18.6 Å². The quantitative estimate of drug-likeness (QED) is 0.284. The molecular weight excluding hydrogens is 244 g/mol. The number of hydrogen-bond acceptors (Lipinski definition) is 6. The van der Waals surface area contributed by atoms with Crippen LogP contribution in [0.4, 0.5) is 11.4 Å². The second-order valence-corrected chi connectivity index (χ2v) is 4.26. The number of ether oxygens (including phenoxy) is 1. The van der Waals surface area contributed by atoms with Gasteiger partial charge in [0, 0.05) is 5.75 Å². The number of hydrogen-bond donors (Lipinski definition) is 1. The summed E-state index contributed by atoms with van der Waals surface area (Å²) in [6.45, 7) is 0. The molecule has 0 bridgehead atoms. The lowest BCUT2D eigenvalue weighted by atomic mass is 10.3. The molecule has 92 valence electrons. The Bertz CT molecular complexity index is 436. The first-order valence-electron chi connectivity index (χ1n) is 4.78. The first kappa shape index (κ1) is 13.3. The molecule has 0 radical (unpaired) electrons. The van der Waals surface area contributed by atoms with Crippen LogP contribution >= 0.6 is 11.8 Å². The molecule has 0 aliphatic rings. The van der Waals surface area contributed by atoms with Crippen LogP contribution < -0.4 is 5.73 Å². The third kappa shape index (κ3) is 3.63. The van der Waals surface area contributed by atoms with Gasteiger partial charge in [0.2, 0.25) is 0 Å². The molecule has 0 saturated heterocycles.